The van der Waals surface area contributed by atoms with E-state index in [0.717, 1.165) is 191 Å². The van der Waals surface area contributed by atoms with Gasteiger partial charge in [0.1, 0.15) is 0 Å². The van der Waals surface area contributed by atoms with Crippen molar-refractivity contribution in [2.24, 2.45) is 94.7 Å². The molecule has 18 fully saturated rings. The Morgan fingerprint density at radius 2 is 0.560 bits per heavy atom. The lowest BCUT2D eigenvalue weighted by atomic mass is 9.18. The van der Waals surface area contributed by atoms with E-state index >= 15 is 0 Å². The van der Waals surface area contributed by atoms with Gasteiger partial charge in [-0.2, -0.15) is 0 Å². The van der Waals surface area contributed by atoms with E-state index in [1.54, 1.807) is 244 Å². The summed E-state index contributed by atoms with van der Waals surface area (Å²) >= 11 is 0. The quantitative estimate of drug-likeness (QED) is 0.202. The zero-order valence-corrected chi connectivity index (χ0v) is 59.7. The van der Waals surface area contributed by atoms with Crippen molar-refractivity contribution in [2.45, 2.75) is 444 Å². The molecule has 510 valence electrons. The molecule has 0 aromatic rings. The van der Waals surface area contributed by atoms with Gasteiger partial charge in [0.15, 0.2) is 6.71 Å². The van der Waals surface area contributed by atoms with Crippen LogP contribution < -0.4 is 0 Å². The molecule has 0 amide bonds. The van der Waals surface area contributed by atoms with Crippen LogP contribution in [0.5, 0.6) is 0 Å². The third kappa shape index (κ3) is 11.3. The van der Waals surface area contributed by atoms with Crippen molar-refractivity contribution in [1.29, 1.82) is 0 Å². The Morgan fingerprint density at radius 1 is 0.220 bits per heavy atom. The molecule has 24 unspecified atom stereocenters. The molecule has 4 nitrogen and oxygen atoms in total. The summed E-state index contributed by atoms with van der Waals surface area (Å²) in [5.74, 6) is 19.1. The monoisotopic (exact) mass is 1240 g/mol. The van der Waals surface area contributed by atoms with E-state index in [-0.39, 0.29) is 0 Å². The molecule has 0 aromatic heterocycles. The van der Waals surface area contributed by atoms with Crippen LogP contribution >= 0.6 is 0 Å². The average molecular weight is 1240 g/mol. The average Bonchev–Trinajstić information content (AvgIpc) is 1.59. The number of likely N-dealkylation sites (tertiary alicyclic amines) is 4. The van der Waals surface area contributed by atoms with Gasteiger partial charge in [-0.3, -0.25) is 19.6 Å². The van der Waals surface area contributed by atoms with Crippen LogP contribution in [-0.4, -0.2) is 98.8 Å². The van der Waals surface area contributed by atoms with Crippen molar-refractivity contribution in [3.8, 4) is 0 Å². The first-order valence-corrected chi connectivity index (χ1v) is 44.1. The third-order valence-electron chi connectivity index (χ3n) is 36.0. The predicted octanol–water partition coefficient (Wildman–Crippen LogP) is 22.0. The lowest BCUT2D eigenvalue weighted by Gasteiger charge is -2.58. The number of rotatable bonds is 10. The molecule has 14 aliphatic carbocycles. The van der Waals surface area contributed by atoms with Gasteiger partial charge >= 0.3 is 0 Å². The molecule has 0 spiro atoms. The van der Waals surface area contributed by atoms with E-state index in [0.29, 0.717) is 0 Å². The molecule has 4 saturated heterocycles. The topological polar surface area (TPSA) is 13.0 Å². The highest BCUT2D eigenvalue weighted by Gasteiger charge is 2.67. The van der Waals surface area contributed by atoms with Crippen molar-refractivity contribution in [3.05, 3.63) is 0 Å². The summed E-state index contributed by atoms with van der Waals surface area (Å²) in [4.78, 5) is 14.1. The van der Waals surface area contributed by atoms with Crippen molar-refractivity contribution in [1.82, 2.24) is 19.6 Å². The number of hydrogen-bond donors (Lipinski definition) is 0. The van der Waals surface area contributed by atoms with Gasteiger partial charge in [-0.1, -0.05) is 230 Å². The molecule has 91 heavy (non-hydrogen) atoms. The fourth-order valence-corrected chi connectivity index (χ4v) is 33.3. The molecule has 5 heteroatoms. The van der Waals surface area contributed by atoms with Gasteiger partial charge in [0.05, 0.1) is 0 Å². The molecule has 0 N–H and O–H groups in total. The highest BCUT2D eigenvalue weighted by atomic mass is 15.3. The molecule has 4 aliphatic heterocycles. The van der Waals surface area contributed by atoms with E-state index < -0.39 is 0 Å². The van der Waals surface area contributed by atoms with E-state index in [9.17, 15) is 0 Å². The molecule has 0 radical (unpaired) electrons. The Bertz CT molecular complexity index is 2210. The molecular formula is C86H143BN4. The molecule has 4 heterocycles. The van der Waals surface area contributed by atoms with Gasteiger partial charge in [0.25, 0.3) is 0 Å². The minimum atomic E-state index is 0.870. The van der Waals surface area contributed by atoms with Crippen molar-refractivity contribution < 1.29 is 0 Å². The molecule has 0 aromatic carbocycles. The highest BCUT2D eigenvalue weighted by molar-refractivity contribution is 6.64. The molecule has 14 saturated carbocycles. The second-order valence-corrected chi connectivity index (χ2v) is 39.3. The second-order valence-electron chi connectivity index (χ2n) is 39.3. The van der Waals surface area contributed by atoms with Gasteiger partial charge in [-0.25, -0.2) is 0 Å². The lowest BCUT2D eigenvalue weighted by molar-refractivity contribution is -0.00419. The first kappa shape index (κ1) is 63.1. The fraction of sp³-hybridized carbons (Fsp3) is 1.00. The van der Waals surface area contributed by atoms with Crippen LogP contribution in [0.2, 0.25) is 17.5 Å². The van der Waals surface area contributed by atoms with Gasteiger partial charge in [0, 0.05) is 72.5 Å². The Kier molecular flexibility index (Phi) is 19.0. The van der Waals surface area contributed by atoms with Crippen molar-refractivity contribution in [2.75, 3.05) is 0 Å². The van der Waals surface area contributed by atoms with Gasteiger partial charge in [-0.15, -0.1) is 0 Å². The zero-order chi connectivity index (χ0) is 60.3. The summed E-state index contributed by atoms with van der Waals surface area (Å²) in [7, 11) is 0. The first-order valence-electron chi connectivity index (χ1n) is 44.1. The van der Waals surface area contributed by atoms with E-state index in [1.165, 1.54) is 96.3 Å². The van der Waals surface area contributed by atoms with Crippen molar-refractivity contribution >= 4 is 6.71 Å². The molecular weight excluding hydrogens is 1100 g/mol. The fourth-order valence-electron chi connectivity index (χ4n) is 33.3. The maximum atomic E-state index is 3.62. The van der Waals surface area contributed by atoms with Crippen LogP contribution in [0.25, 0.3) is 0 Å². The predicted molar refractivity (Wildman–Crippen MR) is 382 cm³/mol. The van der Waals surface area contributed by atoms with Crippen LogP contribution in [-0.2, 0) is 0 Å². The molecule has 18 aliphatic rings. The summed E-state index contributed by atoms with van der Waals surface area (Å²) in [5, 5.41) is 0. The van der Waals surface area contributed by atoms with E-state index in [4.69, 9.17) is 0 Å². The summed E-state index contributed by atoms with van der Waals surface area (Å²) in [5.41, 5.74) is 0. The standard InChI is InChI=1S/C86H143BN4/c1-56-52-64(90-76-40-22-18-36-66(76)68-46-50-80-82(85(68)90)70-38-20-24-42-78(70)88(80)62-32-14-6-15-33-62)44-48-74(56)87(84-72(59-28-10-4-11-29-59)54-61(58-26-8-3-9-27-58)55-73(84)60-30-12-5-13-31-60)75-49-45-65(53-57(75)2)91-77-41-23-19-37-67(77)69-47-51-81-83(86(69)91)71-39-21-25-43-79(71)89(81)63-34-16-7-17-35-63/h56-86H,3-55H2,1-2H3. The van der Waals surface area contributed by atoms with Crippen LogP contribution in [0.15, 0.2) is 0 Å². The van der Waals surface area contributed by atoms with Gasteiger partial charge < -0.3 is 0 Å². The Hall–Kier alpha value is -0.0951. The third-order valence-corrected chi connectivity index (χ3v) is 36.0. The van der Waals surface area contributed by atoms with Crippen LogP contribution in [0.1, 0.15) is 354 Å². The Balaban J connectivity index is 0.690. The van der Waals surface area contributed by atoms with Crippen LogP contribution in [0.4, 0.5) is 0 Å². The summed E-state index contributed by atoms with van der Waals surface area (Å²) in [6.45, 7) is 7.04. The number of hydrogen-bond acceptors (Lipinski definition) is 4. The highest BCUT2D eigenvalue weighted by Crippen LogP contribution is 2.67. The molecule has 0 bridgehead atoms. The minimum Gasteiger partial charge on any atom is -0.294 e. The van der Waals surface area contributed by atoms with Gasteiger partial charge in [0.2, 0.25) is 0 Å². The smallest absolute Gasteiger partial charge is 0.150 e. The summed E-state index contributed by atoms with van der Waals surface area (Å²) in [6, 6.07) is 11.0. The minimum absolute atomic E-state index is 0.870. The van der Waals surface area contributed by atoms with Crippen LogP contribution in [0, 0.1) is 94.7 Å². The maximum Gasteiger partial charge on any atom is 0.150 e. The summed E-state index contributed by atoms with van der Waals surface area (Å²) < 4.78 is 0. The normalized spacial score (nSPS) is 50.4. The largest absolute Gasteiger partial charge is 0.294 e. The molecule has 24 atom stereocenters. The maximum absolute atomic E-state index is 3.62. The number of fused-ring (bicyclic) bond motifs is 14. The number of nitrogens with zero attached hydrogens (tertiary/aromatic N) is 4. The lowest BCUT2D eigenvalue weighted by Crippen LogP contribution is -2.58. The van der Waals surface area contributed by atoms with Crippen molar-refractivity contribution in [3.63, 3.8) is 0 Å². The first-order chi connectivity index (χ1) is 45.0. The second kappa shape index (κ2) is 27.4. The SMILES string of the molecule is CC1CC(N2C3CCCCC3C3CCC4C(C5CCCCC5N4C4CCCCC4)C32)CCC1B(C1CCC(N2C3CCCCC3C3CCC4C(C5CCCCC5N4C4CCCCC4)C32)CC1C)C1C(C2CCCCC2)CC(C2CCCCC2)CC1C1CCCCC1. The van der Waals surface area contributed by atoms with Gasteiger partial charge in [-0.05, 0) is 236 Å². The Morgan fingerprint density at radius 3 is 0.956 bits per heavy atom. The van der Waals surface area contributed by atoms with E-state index in [1.807, 2.05) is 0 Å². The molecule has 18 rings (SSSR count). The Labute approximate surface area is 562 Å². The zero-order valence-electron chi connectivity index (χ0n) is 59.7. The van der Waals surface area contributed by atoms with E-state index in [2.05, 4.69) is 33.4 Å². The summed E-state index contributed by atoms with van der Waals surface area (Å²) in [6.07, 6.45) is 83.0. The van der Waals surface area contributed by atoms with Crippen LogP contribution in [0.3, 0.4) is 0 Å².